The molecule has 5 heteroatoms. The van der Waals surface area contributed by atoms with E-state index < -0.39 is 11.0 Å². The van der Waals surface area contributed by atoms with Crippen LogP contribution in [0.15, 0.2) is 0 Å². The van der Waals surface area contributed by atoms with Crippen LogP contribution in [-0.4, -0.2) is 39.6 Å². The predicted octanol–water partition coefficient (Wildman–Crippen LogP) is 0.816. The van der Waals surface area contributed by atoms with Gasteiger partial charge in [0.1, 0.15) is 0 Å². The second-order valence-corrected chi connectivity index (χ2v) is 6.03. The minimum atomic E-state index is -0.632. The summed E-state index contributed by atoms with van der Waals surface area (Å²) >= 11 is 5.05. The van der Waals surface area contributed by atoms with Gasteiger partial charge in [-0.3, -0.25) is 4.79 Å². The smallest absolute Gasteiger partial charge is 0.235 e. The number of rotatable bonds is 2. The highest BCUT2D eigenvalue weighted by atomic mass is 32.1. The third-order valence-electron chi connectivity index (χ3n) is 4.22. The van der Waals surface area contributed by atoms with Crippen molar-refractivity contribution in [1.29, 1.82) is 0 Å². The lowest BCUT2D eigenvalue weighted by Gasteiger charge is -2.45. The zero-order chi connectivity index (χ0) is 12.7. The molecule has 0 bridgehead atoms. The summed E-state index contributed by atoms with van der Waals surface area (Å²) in [6.07, 6.45) is 3.86. The van der Waals surface area contributed by atoms with Gasteiger partial charge in [-0.05, 0) is 32.6 Å². The number of nitrogens with two attached hydrogens (primary N) is 1. The molecule has 96 valence electrons. The Morgan fingerprint density at radius 1 is 1.29 bits per heavy atom. The molecule has 3 N–H and O–H groups in total. The monoisotopic (exact) mass is 256 g/mol. The largest absolute Gasteiger partial charge is 0.392 e. The van der Waals surface area contributed by atoms with Crippen molar-refractivity contribution in [3.63, 3.8) is 0 Å². The standard InChI is InChI=1S/C12H20N2O2S/c1-11(16)5-7-14(8-6-11)10(15)12(9(13)17)3-2-4-12/h16H,2-8H2,1H3,(H2,13,17). The van der Waals surface area contributed by atoms with Crippen molar-refractivity contribution < 1.29 is 9.90 Å². The second-order valence-electron chi connectivity index (χ2n) is 5.59. The third-order valence-corrected chi connectivity index (χ3v) is 4.61. The van der Waals surface area contributed by atoms with E-state index in [0.717, 1.165) is 19.3 Å². The fraction of sp³-hybridized carbons (Fsp3) is 0.833. The van der Waals surface area contributed by atoms with Gasteiger partial charge in [0.2, 0.25) is 5.91 Å². The van der Waals surface area contributed by atoms with E-state index in [1.54, 1.807) is 0 Å². The number of aliphatic hydroxyl groups is 1. The van der Waals surface area contributed by atoms with Crippen LogP contribution in [0.1, 0.15) is 39.0 Å². The van der Waals surface area contributed by atoms with Crippen molar-refractivity contribution in [2.75, 3.05) is 13.1 Å². The molecule has 1 aliphatic heterocycles. The van der Waals surface area contributed by atoms with Gasteiger partial charge in [-0.25, -0.2) is 0 Å². The van der Waals surface area contributed by atoms with Crippen molar-refractivity contribution in [1.82, 2.24) is 4.90 Å². The first-order valence-corrected chi connectivity index (χ1v) is 6.60. The lowest BCUT2D eigenvalue weighted by atomic mass is 9.67. The normalized spacial score (nSPS) is 26.1. The fourth-order valence-corrected chi connectivity index (χ4v) is 2.88. The minimum absolute atomic E-state index is 0.0757. The maximum atomic E-state index is 12.4. The Hall–Kier alpha value is -0.680. The third kappa shape index (κ3) is 2.18. The van der Waals surface area contributed by atoms with Crippen LogP contribution < -0.4 is 5.73 Å². The molecule has 0 aromatic heterocycles. The van der Waals surface area contributed by atoms with Gasteiger partial charge in [0, 0.05) is 13.1 Å². The highest BCUT2D eigenvalue weighted by molar-refractivity contribution is 7.80. The number of carbonyl (C=O) groups is 1. The molecule has 0 atom stereocenters. The average molecular weight is 256 g/mol. The molecule has 2 aliphatic rings. The molecule has 0 aromatic rings. The van der Waals surface area contributed by atoms with Crippen molar-refractivity contribution in [2.45, 2.75) is 44.6 Å². The SMILES string of the molecule is CC1(O)CCN(C(=O)C2(C(N)=S)CCC2)CC1. The van der Waals surface area contributed by atoms with Gasteiger partial charge in [0.25, 0.3) is 0 Å². The molecule has 1 amide bonds. The highest BCUT2D eigenvalue weighted by Crippen LogP contribution is 2.43. The molecule has 0 spiro atoms. The summed E-state index contributed by atoms with van der Waals surface area (Å²) in [6, 6.07) is 0. The molecule has 1 aliphatic carbocycles. The first kappa shape index (κ1) is 12.8. The lowest BCUT2D eigenvalue weighted by molar-refractivity contribution is -0.145. The first-order chi connectivity index (χ1) is 7.87. The Kier molecular flexibility index (Phi) is 3.16. The van der Waals surface area contributed by atoms with Crippen molar-refractivity contribution in [2.24, 2.45) is 11.1 Å². The molecule has 1 saturated carbocycles. The molecule has 2 rings (SSSR count). The van der Waals surface area contributed by atoms with Crippen molar-refractivity contribution in [3.8, 4) is 0 Å². The summed E-state index contributed by atoms with van der Waals surface area (Å²) in [7, 11) is 0. The van der Waals surface area contributed by atoms with Crippen molar-refractivity contribution >= 4 is 23.1 Å². The molecule has 0 radical (unpaired) electrons. The zero-order valence-electron chi connectivity index (χ0n) is 10.2. The number of hydrogen-bond donors (Lipinski definition) is 2. The van der Waals surface area contributed by atoms with Gasteiger partial charge >= 0.3 is 0 Å². The summed E-state index contributed by atoms with van der Waals surface area (Å²) < 4.78 is 0. The molecule has 17 heavy (non-hydrogen) atoms. The summed E-state index contributed by atoms with van der Waals surface area (Å²) in [5.74, 6) is 0.0757. The maximum absolute atomic E-state index is 12.4. The topological polar surface area (TPSA) is 66.6 Å². The van der Waals surface area contributed by atoms with E-state index in [4.69, 9.17) is 18.0 Å². The number of carbonyl (C=O) groups excluding carboxylic acids is 1. The van der Waals surface area contributed by atoms with Crippen LogP contribution in [0.4, 0.5) is 0 Å². The summed E-state index contributed by atoms with van der Waals surface area (Å²) in [6.45, 7) is 3.04. The molecule has 4 nitrogen and oxygen atoms in total. The Balaban J connectivity index is 2.04. The van der Waals surface area contributed by atoms with Gasteiger partial charge in [-0.1, -0.05) is 18.6 Å². The van der Waals surface area contributed by atoms with Gasteiger partial charge < -0.3 is 15.7 Å². The van der Waals surface area contributed by atoms with Crippen LogP contribution in [0.5, 0.6) is 0 Å². The zero-order valence-corrected chi connectivity index (χ0v) is 11.1. The Labute approximate surface area is 107 Å². The highest BCUT2D eigenvalue weighted by Gasteiger charge is 2.49. The van der Waals surface area contributed by atoms with E-state index in [9.17, 15) is 9.90 Å². The number of piperidine rings is 1. The van der Waals surface area contributed by atoms with Gasteiger partial charge in [-0.15, -0.1) is 0 Å². The number of thiocarbonyl (C=S) groups is 1. The number of nitrogens with zero attached hydrogens (tertiary/aromatic N) is 1. The van der Waals surface area contributed by atoms with Crippen LogP contribution >= 0.6 is 12.2 Å². The van der Waals surface area contributed by atoms with E-state index in [0.29, 0.717) is 30.9 Å². The first-order valence-electron chi connectivity index (χ1n) is 6.19. The van der Waals surface area contributed by atoms with E-state index in [2.05, 4.69) is 0 Å². The predicted molar refractivity (Wildman–Crippen MR) is 69.5 cm³/mol. The van der Waals surface area contributed by atoms with Crippen molar-refractivity contribution in [3.05, 3.63) is 0 Å². The summed E-state index contributed by atoms with van der Waals surface area (Å²) in [4.78, 5) is 14.6. The van der Waals surface area contributed by atoms with E-state index in [1.807, 2.05) is 11.8 Å². The van der Waals surface area contributed by atoms with Crippen LogP contribution in [0, 0.1) is 5.41 Å². The quantitative estimate of drug-likeness (QED) is 0.718. The van der Waals surface area contributed by atoms with Gasteiger partial charge in [-0.2, -0.15) is 0 Å². The molecule has 0 aromatic carbocycles. The fourth-order valence-electron chi connectivity index (χ4n) is 2.59. The van der Waals surface area contributed by atoms with E-state index >= 15 is 0 Å². The lowest BCUT2D eigenvalue weighted by Crippen LogP contribution is -2.57. The summed E-state index contributed by atoms with van der Waals surface area (Å²) in [5.41, 5.74) is 4.53. The molecular formula is C12H20N2O2S. The number of likely N-dealkylation sites (tertiary alicyclic amines) is 1. The molecular weight excluding hydrogens is 236 g/mol. The van der Waals surface area contributed by atoms with Crippen LogP contribution in [0.25, 0.3) is 0 Å². The molecule has 0 unspecified atom stereocenters. The van der Waals surface area contributed by atoms with Crippen LogP contribution in [0.2, 0.25) is 0 Å². The molecule has 1 heterocycles. The van der Waals surface area contributed by atoms with E-state index in [1.165, 1.54) is 0 Å². The van der Waals surface area contributed by atoms with Crippen LogP contribution in [-0.2, 0) is 4.79 Å². The van der Waals surface area contributed by atoms with E-state index in [-0.39, 0.29) is 5.91 Å². The number of hydrogen-bond acceptors (Lipinski definition) is 3. The van der Waals surface area contributed by atoms with Gasteiger partial charge in [0.05, 0.1) is 16.0 Å². The minimum Gasteiger partial charge on any atom is -0.392 e. The molecule has 2 fully saturated rings. The number of amides is 1. The Morgan fingerprint density at radius 2 is 1.82 bits per heavy atom. The molecule has 1 saturated heterocycles. The Morgan fingerprint density at radius 3 is 2.18 bits per heavy atom. The average Bonchev–Trinajstić information content (AvgIpc) is 2.14. The van der Waals surface area contributed by atoms with Gasteiger partial charge in [0.15, 0.2) is 0 Å². The summed E-state index contributed by atoms with van der Waals surface area (Å²) in [5, 5.41) is 9.87. The second kappa shape index (κ2) is 4.21. The maximum Gasteiger partial charge on any atom is 0.235 e. The Bertz CT molecular complexity index is 340. The van der Waals surface area contributed by atoms with Crippen LogP contribution in [0.3, 0.4) is 0 Å².